The fourth-order valence-corrected chi connectivity index (χ4v) is 4.88. The Balaban J connectivity index is 1.28. The first kappa shape index (κ1) is 22.1. The van der Waals surface area contributed by atoms with E-state index in [2.05, 4.69) is 37.9 Å². The van der Waals surface area contributed by atoms with E-state index in [4.69, 9.17) is 22.1 Å². The van der Waals surface area contributed by atoms with Crippen LogP contribution >= 0.6 is 11.6 Å². The van der Waals surface area contributed by atoms with Crippen molar-refractivity contribution >= 4 is 35.0 Å². The number of carbonyl (C=O) groups is 1. The lowest BCUT2D eigenvalue weighted by atomic mass is 9.88. The molecule has 2 bridgehead atoms. The maximum atomic E-state index is 13.9. The Morgan fingerprint density at radius 1 is 1.32 bits per heavy atom. The number of allylic oxidation sites excluding steroid dienone is 1. The molecule has 0 spiro atoms. The second-order valence-electron chi connectivity index (χ2n) is 8.46. The van der Waals surface area contributed by atoms with E-state index in [9.17, 15) is 9.18 Å². The summed E-state index contributed by atoms with van der Waals surface area (Å²) in [6.45, 7) is 0.378. The summed E-state index contributed by atoms with van der Waals surface area (Å²) in [6, 6.07) is 4.61. The number of anilines is 3. The number of hydrogen-bond acceptors (Lipinski definition) is 7. The highest BCUT2D eigenvalue weighted by Crippen LogP contribution is 2.45. The van der Waals surface area contributed by atoms with Gasteiger partial charge in [-0.2, -0.15) is 10.1 Å². The summed E-state index contributed by atoms with van der Waals surface area (Å²) >= 11 is 6.33. The molecule has 1 aromatic carbocycles. The van der Waals surface area contributed by atoms with Crippen molar-refractivity contribution in [3.8, 4) is 5.75 Å². The lowest BCUT2D eigenvalue weighted by Crippen LogP contribution is -2.41. The average molecular weight is 484 g/mol. The number of nitrogens with zero attached hydrogens (tertiary/aromatic N) is 4. The Bertz CT molecular complexity index is 1260. The van der Waals surface area contributed by atoms with E-state index in [-0.39, 0.29) is 35.5 Å². The zero-order chi connectivity index (χ0) is 23.8. The van der Waals surface area contributed by atoms with Crippen molar-refractivity contribution in [3.05, 3.63) is 65.3 Å². The molecule has 34 heavy (non-hydrogen) atoms. The van der Waals surface area contributed by atoms with Gasteiger partial charge in [-0.05, 0) is 36.0 Å². The molecular weight excluding hydrogens is 461 g/mol. The minimum atomic E-state index is -0.426. The molecule has 0 radical (unpaired) electrons. The molecule has 11 heteroatoms. The van der Waals surface area contributed by atoms with Crippen molar-refractivity contribution < 1.29 is 13.9 Å². The van der Waals surface area contributed by atoms with Crippen LogP contribution in [0.25, 0.3) is 0 Å². The third kappa shape index (κ3) is 4.28. The summed E-state index contributed by atoms with van der Waals surface area (Å²) in [7, 11) is 1.42. The molecule has 5 rings (SSSR count). The van der Waals surface area contributed by atoms with Gasteiger partial charge in [0.05, 0.1) is 37.7 Å². The van der Waals surface area contributed by atoms with E-state index in [0.717, 1.165) is 12.0 Å². The number of primary amides is 1. The first-order valence-electron chi connectivity index (χ1n) is 10.8. The third-order valence-electron chi connectivity index (χ3n) is 6.29. The number of amides is 1. The summed E-state index contributed by atoms with van der Waals surface area (Å²) in [6.07, 6.45) is 9.93. The predicted octanol–water partition coefficient (Wildman–Crippen LogP) is 3.35. The second kappa shape index (κ2) is 8.94. The van der Waals surface area contributed by atoms with Crippen LogP contribution in [0.4, 0.5) is 21.8 Å². The molecule has 176 valence electrons. The average Bonchev–Trinajstić information content (AvgIpc) is 3.53. The van der Waals surface area contributed by atoms with Crippen LogP contribution in [0, 0.1) is 23.6 Å². The fraction of sp³-hybridized carbons (Fsp3) is 0.304. The van der Waals surface area contributed by atoms with Crippen LogP contribution in [0.3, 0.4) is 0 Å². The number of aromatic nitrogens is 4. The monoisotopic (exact) mass is 483 g/mol. The lowest BCUT2D eigenvalue weighted by molar-refractivity contribution is -0.122. The Kier molecular flexibility index (Phi) is 5.82. The molecular formula is C23H23ClFN7O2. The standard InChI is InChI=1S/C23H23ClFN7O2/c1-34-18-5-2-12(6-17(18)25)10-32-11-15(8-28-32)29-23-27-9-16(24)22(31-23)30-20-14-4-3-13(7-14)19(20)21(26)33/h2-6,8-9,11,13-14,19-20H,7,10H2,1H3,(H2,26,33)(H2,27,29,30,31)/t13-,14+,19+,20-/m1/s1. The van der Waals surface area contributed by atoms with Crippen molar-refractivity contribution in [2.75, 3.05) is 17.7 Å². The number of carbonyl (C=O) groups excluding carboxylic acids is 1. The van der Waals surface area contributed by atoms with Gasteiger partial charge in [0.2, 0.25) is 11.9 Å². The van der Waals surface area contributed by atoms with Gasteiger partial charge in [0.25, 0.3) is 0 Å². The zero-order valence-electron chi connectivity index (χ0n) is 18.3. The molecule has 1 saturated carbocycles. The first-order chi connectivity index (χ1) is 16.4. The molecule has 2 heterocycles. The molecule has 0 unspecified atom stereocenters. The molecule has 2 aliphatic carbocycles. The van der Waals surface area contributed by atoms with Crippen molar-refractivity contribution in [1.82, 2.24) is 19.7 Å². The van der Waals surface area contributed by atoms with Crippen LogP contribution < -0.4 is 21.1 Å². The van der Waals surface area contributed by atoms with E-state index in [0.29, 0.717) is 29.0 Å². The van der Waals surface area contributed by atoms with Crippen LogP contribution in [-0.4, -0.2) is 38.8 Å². The summed E-state index contributed by atoms with van der Waals surface area (Å²) in [4.78, 5) is 20.7. The summed E-state index contributed by atoms with van der Waals surface area (Å²) in [5.74, 6) is 0.215. The van der Waals surface area contributed by atoms with Crippen LogP contribution in [0.2, 0.25) is 5.02 Å². The summed E-state index contributed by atoms with van der Waals surface area (Å²) < 4.78 is 20.6. The number of methoxy groups -OCH3 is 1. The Morgan fingerprint density at radius 3 is 2.91 bits per heavy atom. The highest BCUT2D eigenvalue weighted by molar-refractivity contribution is 6.32. The van der Waals surface area contributed by atoms with E-state index in [1.165, 1.54) is 19.4 Å². The smallest absolute Gasteiger partial charge is 0.229 e. The normalized spacial score (nSPS) is 22.7. The van der Waals surface area contributed by atoms with Gasteiger partial charge in [-0.3, -0.25) is 9.48 Å². The number of benzene rings is 1. The van der Waals surface area contributed by atoms with Gasteiger partial charge in [-0.15, -0.1) is 0 Å². The predicted molar refractivity (Wildman–Crippen MR) is 125 cm³/mol. The molecule has 3 aromatic rings. The van der Waals surface area contributed by atoms with E-state index >= 15 is 0 Å². The van der Waals surface area contributed by atoms with Crippen LogP contribution in [0.5, 0.6) is 5.75 Å². The molecule has 1 fully saturated rings. The number of rotatable bonds is 8. The van der Waals surface area contributed by atoms with Gasteiger partial charge >= 0.3 is 0 Å². The Morgan fingerprint density at radius 2 is 2.15 bits per heavy atom. The molecule has 0 saturated heterocycles. The fourth-order valence-electron chi connectivity index (χ4n) is 4.73. The number of halogens is 2. The Labute approximate surface area is 200 Å². The van der Waals surface area contributed by atoms with Gasteiger partial charge < -0.3 is 21.1 Å². The molecule has 4 N–H and O–H groups in total. The van der Waals surface area contributed by atoms with Crippen LogP contribution in [0.1, 0.15) is 12.0 Å². The molecule has 0 aliphatic heterocycles. The molecule has 9 nitrogen and oxygen atoms in total. The Hall–Kier alpha value is -3.66. The number of hydrogen-bond donors (Lipinski definition) is 3. The highest BCUT2D eigenvalue weighted by Gasteiger charge is 2.47. The topological polar surface area (TPSA) is 120 Å². The highest BCUT2D eigenvalue weighted by atomic mass is 35.5. The van der Waals surface area contributed by atoms with E-state index in [1.807, 2.05) is 0 Å². The summed E-state index contributed by atoms with van der Waals surface area (Å²) in [5, 5.41) is 11.1. The lowest BCUT2D eigenvalue weighted by Gasteiger charge is -2.27. The van der Waals surface area contributed by atoms with Gasteiger partial charge in [0.1, 0.15) is 5.02 Å². The maximum Gasteiger partial charge on any atom is 0.229 e. The number of ether oxygens (including phenoxy) is 1. The third-order valence-corrected chi connectivity index (χ3v) is 6.56. The minimum absolute atomic E-state index is 0.142. The molecule has 2 aromatic heterocycles. The molecule has 2 aliphatic rings. The zero-order valence-corrected chi connectivity index (χ0v) is 19.0. The first-order valence-corrected chi connectivity index (χ1v) is 11.2. The largest absolute Gasteiger partial charge is 0.494 e. The SMILES string of the molecule is COc1ccc(Cn2cc(Nc3ncc(Cl)c(N[C@H]4[C@@H](C(N)=O)[C@@H]5C=C[C@H]4C5)n3)cn2)cc1F. The minimum Gasteiger partial charge on any atom is -0.494 e. The van der Waals surface area contributed by atoms with E-state index in [1.54, 1.807) is 29.2 Å². The number of nitrogens with two attached hydrogens (primary N) is 1. The molecule has 1 amide bonds. The number of nitrogens with one attached hydrogen (secondary N) is 2. The maximum absolute atomic E-state index is 13.9. The van der Waals surface area contributed by atoms with Crippen molar-refractivity contribution in [2.45, 2.75) is 19.0 Å². The van der Waals surface area contributed by atoms with Crippen molar-refractivity contribution in [1.29, 1.82) is 0 Å². The van der Waals surface area contributed by atoms with Gasteiger partial charge in [0.15, 0.2) is 17.4 Å². The molecule has 4 atom stereocenters. The second-order valence-corrected chi connectivity index (χ2v) is 8.86. The van der Waals surface area contributed by atoms with Crippen molar-refractivity contribution in [3.63, 3.8) is 0 Å². The summed E-state index contributed by atoms with van der Waals surface area (Å²) in [5.41, 5.74) is 7.05. The van der Waals surface area contributed by atoms with Gasteiger partial charge in [-0.25, -0.2) is 9.37 Å². The quantitative estimate of drug-likeness (QED) is 0.420. The van der Waals surface area contributed by atoms with Crippen LogP contribution in [0.15, 0.2) is 48.9 Å². The van der Waals surface area contributed by atoms with E-state index < -0.39 is 5.82 Å². The van der Waals surface area contributed by atoms with Gasteiger partial charge in [0, 0.05) is 12.2 Å². The number of fused-ring (bicyclic) bond motifs is 2. The van der Waals surface area contributed by atoms with Gasteiger partial charge in [-0.1, -0.05) is 29.8 Å². The van der Waals surface area contributed by atoms with Crippen LogP contribution in [-0.2, 0) is 11.3 Å². The van der Waals surface area contributed by atoms with Crippen molar-refractivity contribution in [2.24, 2.45) is 23.5 Å².